The number of aromatic nitrogens is 2. The van der Waals surface area contributed by atoms with Crippen LogP contribution in [-0.4, -0.2) is 35.6 Å². The number of hydrogen-bond acceptors (Lipinski definition) is 6. The van der Waals surface area contributed by atoms with E-state index in [1.165, 1.54) is 19.3 Å². The predicted octanol–water partition coefficient (Wildman–Crippen LogP) is 4.84. The molecular formula is C25H29N5O2. The number of carbonyl (C=O) groups is 1. The fourth-order valence-electron chi connectivity index (χ4n) is 3.70. The van der Waals surface area contributed by atoms with Gasteiger partial charge in [-0.25, -0.2) is 4.98 Å². The lowest BCUT2D eigenvalue weighted by Crippen LogP contribution is -2.31. The Morgan fingerprint density at radius 3 is 2.44 bits per heavy atom. The third-order valence-electron chi connectivity index (χ3n) is 5.37. The van der Waals surface area contributed by atoms with Crippen molar-refractivity contribution in [3.63, 3.8) is 0 Å². The largest absolute Gasteiger partial charge is 0.483 e. The molecule has 1 fully saturated rings. The van der Waals surface area contributed by atoms with Crippen LogP contribution in [0.3, 0.4) is 0 Å². The van der Waals surface area contributed by atoms with Crippen molar-refractivity contribution in [2.45, 2.75) is 33.1 Å². The number of rotatable bonds is 7. The number of nitrogens with zero attached hydrogens (tertiary/aromatic N) is 3. The smallest absolute Gasteiger partial charge is 0.262 e. The lowest BCUT2D eigenvalue weighted by atomic mass is 10.1. The first-order valence-corrected chi connectivity index (χ1v) is 11.0. The summed E-state index contributed by atoms with van der Waals surface area (Å²) in [6.45, 7) is 5.91. The van der Waals surface area contributed by atoms with Crippen molar-refractivity contribution in [3.8, 4) is 5.75 Å². The van der Waals surface area contributed by atoms with Crippen LogP contribution >= 0.6 is 0 Å². The van der Waals surface area contributed by atoms with E-state index in [9.17, 15) is 4.79 Å². The first-order valence-electron chi connectivity index (χ1n) is 11.0. The zero-order chi connectivity index (χ0) is 22.3. The van der Waals surface area contributed by atoms with E-state index in [1.54, 1.807) is 0 Å². The molecule has 1 aliphatic heterocycles. The molecule has 32 heavy (non-hydrogen) atoms. The lowest BCUT2D eigenvalue weighted by molar-refractivity contribution is -0.118. The molecule has 7 heteroatoms. The topological polar surface area (TPSA) is 79.4 Å². The predicted molar refractivity (Wildman–Crippen MR) is 128 cm³/mol. The van der Waals surface area contributed by atoms with Crippen molar-refractivity contribution < 1.29 is 9.53 Å². The van der Waals surface area contributed by atoms with E-state index >= 15 is 0 Å². The maximum Gasteiger partial charge on any atom is 0.262 e. The van der Waals surface area contributed by atoms with Gasteiger partial charge in [0.05, 0.1) is 0 Å². The van der Waals surface area contributed by atoms with Crippen LogP contribution in [0.2, 0.25) is 0 Å². The molecule has 0 aliphatic carbocycles. The number of aryl methyl sites for hydroxylation is 2. The minimum Gasteiger partial charge on any atom is -0.483 e. The summed E-state index contributed by atoms with van der Waals surface area (Å²) in [7, 11) is 0. The molecule has 1 amide bonds. The van der Waals surface area contributed by atoms with E-state index in [0.29, 0.717) is 11.4 Å². The first-order chi connectivity index (χ1) is 15.6. The van der Waals surface area contributed by atoms with Crippen molar-refractivity contribution >= 4 is 29.0 Å². The number of hydrogen-bond donors (Lipinski definition) is 2. The summed E-state index contributed by atoms with van der Waals surface area (Å²) in [5.74, 6) is 2.06. The second kappa shape index (κ2) is 10.1. The van der Waals surface area contributed by atoms with Gasteiger partial charge >= 0.3 is 0 Å². The molecule has 0 spiro atoms. The number of nitrogens with one attached hydrogen (secondary N) is 2. The summed E-state index contributed by atoms with van der Waals surface area (Å²) in [4.78, 5) is 23.8. The maximum absolute atomic E-state index is 12.2. The molecule has 1 saturated heterocycles. The normalized spacial score (nSPS) is 13.5. The molecule has 2 N–H and O–H groups in total. The third kappa shape index (κ3) is 5.75. The molecule has 0 bridgehead atoms. The number of benzene rings is 2. The van der Waals surface area contributed by atoms with Gasteiger partial charge in [-0.05, 0) is 69.0 Å². The Kier molecular flexibility index (Phi) is 6.84. The fourth-order valence-corrected chi connectivity index (χ4v) is 3.70. The van der Waals surface area contributed by atoms with Gasteiger partial charge in [-0.3, -0.25) is 4.79 Å². The number of anilines is 4. The first kappa shape index (κ1) is 21.6. The van der Waals surface area contributed by atoms with Crippen molar-refractivity contribution in [2.24, 2.45) is 0 Å². The Morgan fingerprint density at radius 2 is 1.69 bits per heavy atom. The number of ether oxygens (including phenoxy) is 1. The molecule has 2 aromatic carbocycles. The van der Waals surface area contributed by atoms with Gasteiger partial charge in [0.25, 0.3) is 5.91 Å². The monoisotopic (exact) mass is 431 g/mol. The minimum atomic E-state index is -0.202. The van der Waals surface area contributed by atoms with Crippen LogP contribution in [0.4, 0.5) is 23.1 Å². The Labute approximate surface area is 188 Å². The van der Waals surface area contributed by atoms with Gasteiger partial charge in [-0.2, -0.15) is 4.98 Å². The highest BCUT2D eigenvalue weighted by Crippen LogP contribution is 2.22. The molecule has 0 atom stereocenters. The molecule has 7 nitrogen and oxygen atoms in total. The van der Waals surface area contributed by atoms with Crippen LogP contribution in [0.5, 0.6) is 5.75 Å². The van der Waals surface area contributed by atoms with Crippen molar-refractivity contribution in [1.82, 2.24) is 9.97 Å². The molecule has 0 radical (unpaired) electrons. The number of piperidine rings is 1. The Balaban J connectivity index is 1.34. The molecular weight excluding hydrogens is 402 g/mol. The Bertz CT molecular complexity index is 1060. The van der Waals surface area contributed by atoms with Gasteiger partial charge < -0.3 is 20.3 Å². The van der Waals surface area contributed by atoms with E-state index < -0.39 is 0 Å². The van der Waals surface area contributed by atoms with Crippen molar-refractivity contribution in [1.29, 1.82) is 0 Å². The SMILES string of the molecule is Cc1cc(Nc2ccc(NC(=O)COc3ccccc3C)cc2)nc(N2CCCCC2)n1. The Morgan fingerprint density at radius 1 is 0.969 bits per heavy atom. The maximum atomic E-state index is 12.2. The van der Waals surface area contributed by atoms with Gasteiger partial charge in [0.15, 0.2) is 6.61 Å². The van der Waals surface area contributed by atoms with Crippen LogP contribution in [0, 0.1) is 13.8 Å². The highest BCUT2D eigenvalue weighted by Gasteiger charge is 2.15. The van der Waals surface area contributed by atoms with Crippen LogP contribution in [0.15, 0.2) is 54.6 Å². The van der Waals surface area contributed by atoms with Gasteiger partial charge in [-0.1, -0.05) is 18.2 Å². The molecule has 0 unspecified atom stereocenters. The zero-order valence-corrected chi connectivity index (χ0v) is 18.6. The van der Waals surface area contributed by atoms with Gasteiger partial charge in [-0.15, -0.1) is 0 Å². The summed E-state index contributed by atoms with van der Waals surface area (Å²) >= 11 is 0. The second-order valence-corrected chi connectivity index (χ2v) is 8.05. The number of carbonyl (C=O) groups excluding carboxylic acids is 1. The van der Waals surface area contributed by atoms with Gasteiger partial charge in [0.2, 0.25) is 5.95 Å². The van der Waals surface area contributed by atoms with Crippen molar-refractivity contribution in [3.05, 3.63) is 65.9 Å². The van der Waals surface area contributed by atoms with Crippen LogP contribution < -0.4 is 20.3 Å². The van der Waals surface area contributed by atoms with E-state index in [0.717, 1.165) is 41.8 Å². The van der Waals surface area contributed by atoms with E-state index in [-0.39, 0.29) is 12.5 Å². The lowest BCUT2D eigenvalue weighted by Gasteiger charge is -2.27. The second-order valence-electron chi connectivity index (χ2n) is 8.05. The minimum absolute atomic E-state index is 0.0374. The molecule has 1 aromatic heterocycles. The average Bonchev–Trinajstić information content (AvgIpc) is 2.80. The molecule has 0 saturated carbocycles. The highest BCUT2D eigenvalue weighted by atomic mass is 16.5. The van der Waals surface area contributed by atoms with E-state index in [4.69, 9.17) is 9.72 Å². The molecule has 2 heterocycles. The van der Waals surface area contributed by atoms with Crippen LogP contribution in [-0.2, 0) is 4.79 Å². The summed E-state index contributed by atoms with van der Waals surface area (Å²) < 4.78 is 5.60. The Hall–Kier alpha value is -3.61. The summed E-state index contributed by atoms with van der Waals surface area (Å²) in [5.41, 5.74) is 3.53. The number of para-hydroxylation sites is 1. The summed E-state index contributed by atoms with van der Waals surface area (Å²) in [6, 6.07) is 17.1. The zero-order valence-electron chi connectivity index (χ0n) is 18.6. The number of amides is 1. The molecule has 1 aliphatic rings. The summed E-state index contributed by atoms with van der Waals surface area (Å²) in [6.07, 6.45) is 3.64. The quantitative estimate of drug-likeness (QED) is 0.557. The fraction of sp³-hybridized carbons (Fsp3) is 0.320. The van der Waals surface area contributed by atoms with E-state index in [1.807, 2.05) is 68.4 Å². The highest BCUT2D eigenvalue weighted by molar-refractivity contribution is 5.92. The van der Waals surface area contributed by atoms with Crippen LogP contribution in [0.1, 0.15) is 30.5 Å². The summed E-state index contributed by atoms with van der Waals surface area (Å²) in [5, 5.41) is 6.20. The average molecular weight is 432 g/mol. The van der Waals surface area contributed by atoms with E-state index in [2.05, 4.69) is 20.5 Å². The van der Waals surface area contributed by atoms with Gasteiger partial charge in [0.1, 0.15) is 11.6 Å². The third-order valence-corrected chi connectivity index (χ3v) is 5.37. The van der Waals surface area contributed by atoms with Crippen LogP contribution in [0.25, 0.3) is 0 Å². The molecule has 4 rings (SSSR count). The molecule has 166 valence electrons. The molecule has 3 aromatic rings. The standard InChI is InChI=1S/C25H29N5O2/c1-18-8-4-5-9-22(18)32-17-24(31)28-21-12-10-20(11-13-21)27-23-16-19(2)26-25(29-23)30-14-6-3-7-15-30/h4-5,8-13,16H,3,6-7,14-15,17H2,1-2H3,(H,28,31)(H,26,27,29). The van der Waals surface area contributed by atoms with Crippen molar-refractivity contribution in [2.75, 3.05) is 35.2 Å². The van der Waals surface area contributed by atoms with Gasteiger partial charge in [0, 0.05) is 36.2 Å².